The molecule has 2 heterocycles. The van der Waals surface area contributed by atoms with Gasteiger partial charge >= 0.3 is 18.1 Å². The summed E-state index contributed by atoms with van der Waals surface area (Å²) in [6.45, 7) is 2.92. The predicted octanol–water partition coefficient (Wildman–Crippen LogP) is 3.48. The van der Waals surface area contributed by atoms with E-state index in [2.05, 4.69) is 4.90 Å². The van der Waals surface area contributed by atoms with Gasteiger partial charge in [-0.3, -0.25) is 4.90 Å². The van der Waals surface area contributed by atoms with Gasteiger partial charge in [0.15, 0.2) is 0 Å². The first-order chi connectivity index (χ1) is 13.6. The fourth-order valence-corrected chi connectivity index (χ4v) is 3.35. The molecule has 0 saturated carbocycles. The molecule has 0 aliphatic carbocycles. The normalized spacial score (nSPS) is 13.9. The molecule has 0 amide bonds. The number of aliphatic carboxylic acids is 1. The summed E-state index contributed by atoms with van der Waals surface area (Å²) < 4.78 is 42.7. The number of hydrogen-bond acceptors (Lipinski definition) is 6. The molecule has 0 bridgehead atoms. The molecule has 0 radical (unpaired) electrons. The van der Waals surface area contributed by atoms with Crippen molar-refractivity contribution in [3.05, 3.63) is 45.6 Å². The van der Waals surface area contributed by atoms with Gasteiger partial charge in [0, 0.05) is 36.1 Å². The lowest BCUT2D eigenvalue weighted by Crippen LogP contribution is -2.24. The van der Waals surface area contributed by atoms with Gasteiger partial charge in [0.25, 0.3) is 0 Å². The molecule has 7 nitrogen and oxygen atoms in total. The molecule has 3 rings (SSSR count). The Morgan fingerprint density at radius 2 is 1.93 bits per heavy atom. The lowest BCUT2D eigenvalue weighted by Gasteiger charge is -2.18. The Morgan fingerprint density at radius 1 is 1.24 bits per heavy atom. The highest BCUT2D eigenvalue weighted by Crippen LogP contribution is 2.29. The summed E-state index contributed by atoms with van der Waals surface area (Å²) in [5.74, 6) is -1.98. The molecular weight excluding hydrogens is 415 g/mol. The summed E-state index contributed by atoms with van der Waals surface area (Å²) >= 11 is 1.33. The highest BCUT2D eigenvalue weighted by molar-refractivity contribution is 7.13. The maximum absolute atomic E-state index is 11.0. The van der Waals surface area contributed by atoms with Crippen molar-refractivity contribution in [2.45, 2.75) is 19.3 Å². The molecule has 2 aromatic rings. The van der Waals surface area contributed by atoms with Crippen LogP contribution in [-0.4, -0.2) is 53.5 Å². The molecular formula is C18H18F3NO6S. The minimum Gasteiger partial charge on any atom is -0.497 e. The zero-order chi connectivity index (χ0) is 21.6. The van der Waals surface area contributed by atoms with Crippen molar-refractivity contribution >= 4 is 23.3 Å². The SMILES string of the molecule is COc1ccc2c(c1)OCCN(Cc1ccc(C(=O)O)s1)C2.O=C(O)C(F)(F)F. The molecule has 0 unspecified atom stereocenters. The smallest absolute Gasteiger partial charge is 0.490 e. The quantitative estimate of drug-likeness (QED) is 0.762. The number of fused-ring (bicyclic) bond motifs is 1. The van der Waals surface area contributed by atoms with Gasteiger partial charge in [-0.05, 0) is 18.2 Å². The molecule has 1 aliphatic heterocycles. The fraction of sp³-hybridized carbons (Fsp3) is 0.333. The van der Waals surface area contributed by atoms with E-state index in [1.54, 1.807) is 13.2 Å². The van der Waals surface area contributed by atoms with E-state index in [4.69, 9.17) is 24.5 Å². The van der Waals surface area contributed by atoms with Gasteiger partial charge in [-0.1, -0.05) is 6.07 Å². The summed E-state index contributed by atoms with van der Waals surface area (Å²) in [7, 11) is 1.64. The number of nitrogens with zero attached hydrogens (tertiary/aromatic N) is 1. The van der Waals surface area contributed by atoms with Crippen LogP contribution in [0.5, 0.6) is 11.5 Å². The van der Waals surface area contributed by atoms with Gasteiger partial charge in [-0.25, -0.2) is 9.59 Å². The predicted molar refractivity (Wildman–Crippen MR) is 97.6 cm³/mol. The molecule has 1 aliphatic rings. The minimum absolute atomic E-state index is 0.381. The number of methoxy groups -OCH3 is 1. The number of alkyl halides is 3. The third-order valence-electron chi connectivity index (χ3n) is 3.83. The average molecular weight is 433 g/mol. The molecule has 158 valence electrons. The number of carboxylic acid groups (broad SMARTS) is 2. The standard InChI is InChI=1S/C16H17NO4S.C2HF3O2/c1-20-12-3-2-11-9-17(6-7-21-14(11)8-12)10-13-4-5-15(22-13)16(18)19;3-2(4,5)1(6)7/h2-5,8H,6-7,9-10H2,1H3,(H,18,19);(H,6,7). The van der Waals surface area contributed by atoms with E-state index in [1.165, 1.54) is 11.3 Å². The zero-order valence-corrected chi connectivity index (χ0v) is 16.0. The van der Waals surface area contributed by atoms with Crippen molar-refractivity contribution in [2.24, 2.45) is 0 Å². The monoisotopic (exact) mass is 433 g/mol. The number of aromatic carboxylic acids is 1. The lowest BCUT2D eigenvalue weighted by atomic mass is 10.2. The van der Waals surface area contributed by atoms with E-state index in [1.807, 2.05) is 24.3 Å². The average Bonchev–Trinajstić information content (AvgIpc) is 3.02. The van der Waals surface area contributed by atoms with Crippen molar-refractivity contribution in [2.75, 3.05) is 20.3 Å². The Bertz CT molecular complexity index is 868. The van der Waals surface area contributed by atoms with Crippen LogP contribution in [0.2, 0.25) is 0 Å². The van der Waals surface area contributed by atoms with E-state index >= 15 is 0 Å². The number of benzene rings is 1. The van der Waals surface area contributed by atoms with Crippen molar-refractivity contribution in [1.82, 2.24) is 4.90 Å². The second-order valence-electron chi connectivity index (χ2n) is 5.91. The Hall–Kier alpha value is -2.79. The van der Waals surface area contributed by atoms with E-state index in [9.17, 15) is 18.0 Å². The van der Waals surface area contributed by atoms with Gasteiger partial charge in [0.1, 0.15) is 23.0 Å². The molecule has 11 heteroatoms. The van der Waals surface area contributed by atoms with Crippen LogP contribution in [0, 0.1) is 0 Å². The van der Waals surface area contributed by atoms with Crippen LogP contribution in [-0.2, 0) is 17.9 Å². The second-order valence-corrected chi connectivity index (χ2v) is 7.08. The largest absolute Gasteiger partial charge is 0.497 e. The van der Waals surface area contributed by atoms with E-state index in [0.717, 1.165) is 41.6 Å². The van der Waals surface area contributed by atoms with Crippen LogP contribution in [0.4, 0.5) is 13.2 Å². The maximum atomic E-state index is 11.0. The number of ether oxygens (including phenoxy) is 2. The van der Waals surface area contributed by atoms with Gasteiger partial charge < -0.3 is 19.7 Å². The first-order valence-corrected chi connectivity index (χ1v) is 9.06. The number of carboxylic acids is 2. The Kier molecular flexibility index (Phi) is 7.46. The lowest BCUT2D eigenvalue weighted by molar-refractivity contribution is -0.192. The molecule has 1 aromatic heterocycles. The van der Waals surface area contributed by atoms with Crippen LogP contribution in [0.15, 0.2) is 30.3 Å². The highest BCUT2D eigenvalue weighted by atomic mass is 32.1. The van der Waals surface area contributed by atoms with Gasteiger partial charge in [0.2, 0.25) is 0 Å². The highest BCUT2D eigenvalue weighted by Gasteiger charge is 2.38. The first kappa shape index (κ1) is 22.5. The van der Waals surface area contributed by atoms with Crippen LogP contribution in [0.1, 0.15) is 20.1 Å². The summed E-state index contributed by atoms with van der Waals surface area (Å²) in [5, 5.41) is 16.1. The first-order valence-electron chi connectivity index (χ1n) is 8.24. The number of halogens is 3. The van der Waals surface area contributed by atoms with Crippen molar-refractivity contribution < 1.29 is 42.4 Å². The maximum Gasteiger partial charge on any atom is 0.490 e. The van der Waals surface area contributed by atoms with Crippen LogP contribution in [0.3, 0.4) is 0 Å². The molecule has 0 saturated heterocycles. The Morgan fingerprint density at radius 3 is 2.48 bits per heavy atom. The second kappa shape index (κ2) is 9.61. The molecule has 1 aromatic carbocycles. The minimum atomic E-state index is -5.08. The molecule has 0 spiro atoms. The Labute approximate surface area is 167 Å². The topological polar surface area (TPSA) is 96.3 Å². The molecule has 0 fully saturated rings. The Balaban J connectivity index is 0.000000370. The summed E-state index contributed by atoms with van der Waals surface area (Å²) in [6.07, 6.45) is -5.08. The van der Waals surface area contributed by atoms with Gasteiger partial charge in [0.05, 0.1) is 7.11 Å². The number of carbonyl (C=O) groups is 2. The third kappa shape index (κ3) is 6.64. The van der Waals surface area contributed by atoms with Crippen LogP contribution >= 0.6 is 11.3 Å². The van der Waals surface area contributed by atoms with Crippen LogP contribution in [0.25, 0.3) is 0 Å². The van der Waals surface area contributed by atoms with E-state index in [-0.39, 0.29) is 0 Å². The van der Waals surface area contributed by atoms with Crippen molar-refractivity contribution in [1.29, 1.82) is 0 Å². The number of hydrogen-bond donors (Lipinski definition) is 2. The van der Waals surface area contributed by atoms with Crippen LogP contribution < -0.4 is 9.47 Å². The van der Waals surface area contributed by atoms with E-state index < -0.39 is 18.1 Å². The third-order valence-corrected chi connectivity index (χ3v) is 4.89. The van der Waals surface area contributed by atoms with Crippen molar-refractivity contribution in [3.8, 4) is 11.5 Å². The number of thiophene rings is 1. The van der Waals surface area contributed by atoms with Crippen molar-refractivity contribution in [3.63, 3.8) is 0 Å². The van der Waals surface area contributed by atoms with Gasteiger partial charge in [-0.15, -0.1) is 11.3 Å². The number of rotatable bonds is 4. The zero-order valence-electron chi connectivity index (χ0n) is 15.2. The van der Waals surface area contributed by atoms with Gasteiger partial charge in [-0.2, -0.15) is 13.2 Å². The molecule has 0 atom stereocenters. The molecule has 29 heavy (non-hydrogen) atoms. The summed E-state index contributed by atoms with van der Waals surface area (Å²) in [6, 6.07) is 9.40. The molecule has 2 N–H and O–H groups in total. The van der Waals surface area contributed by atoms with E-state index in [0.29, 0.717) is 11.5 Å². The summed E-state index contributed by atoms with van der Waals surface area (Å²) in [5.41, 5.74) is 1.12. The summed E-state index contributed by atoms with van der Waals surface area (Å²) in [4.78, 5) is 23.5. The fourth-order valence-electron chi connectivity index (χ4n) is 2.46.